The van der Waals surface area contributed by atoms with Gasteiger partial charge in [-0.1, -0.05) is 0 Å². The molecule has 0 bridgehead atoms. The van der Waals surface area contributed by atoms with Gasteiger partial charge >= 0.3 is 17.8 Å². The number of nitrogens with zero attached hydrogens (tertiary/aromatic N) is 2. The number of aromatic nitrogens is 1. The number of amides is 4. The van der Waals surface area contributed by atoms with Crippen LogP contribution in [0.2, 0.25) is 0 Å². The summed E-state index contributed by atoms with van der Waals surface area (Å²) in [7, 11) is 0. The minimum absolute atomic E-state index is 0.0497. The van der Waals surface area contributed by atoms with Gasteiger partial charge in [0, 0.05) is 11.6 Å². The van der Waals surface area contributed by atoms with Crippen molar-refractivity contribution >= 4 is 29.2 Å². The van der Waals surface area contributed by atoms with E-state index in [9.17, 15) is 14.4 Å². The minimum atomic E-state index is -0.883. The molecular weight excluding hydrogens is 206 g/mol. The average molecular weight is 211 g/mol. The summed E-state index contributed by atoms with van der Waals surface area (Å²) >= 11 is 1.32. The molecule has 0 aromatic carbocycles. The number of urea groups is 1. The zero-order valence-electron chi connectivity index (χ0n) is 6.89. The van der Waals surface area contributed by atoms with Crippen molar-refractivity contribution in [2.45, 2.75) is 6.54 Å². The molecule has 1 N–H and O–H groups in total. The lowest BCUT2D eigenvalue weighted by atomic mass is 10.5. The van der Waals surface area contributed by atoms with E-state index in [1.165, 1.54) is 11.3 Å². The molecule has 14 heavy (non-hydrogen) atoms. The van der Waals surface area contributed by atoms with Gasteiger partial charge in [0.05, 0.1) is 6.54 Å². The van der Waals surface area contributed by atoms with Crippen molar-refractivity contribution in [2.24, 2.45) is 0 Å². The summed E-state index contributed by atoms with van der Waals surface area (Å²) in [5.74, 6) is -1.71. The standard InChI is InChI=1S/C7H5N3O3S/c11-5-6(12)10(7(13)9-5)3-4-8-1-2-14-4/h1-2H,3H2,(H,9,11,13). The summed E-state index contributed by atoms with van der Waals surface area (Å²) in [5.41, 5.74) is 0. The van der Waals surface area contributed by atoms with Crippen molar-refractivity contribution in [3.8, 4) is 0 Å². The molecule has 2 heterocycles. The second-order valence-corrected chi connectivity index (χ2v) is 3.56. The molecule has 0 unspecified atom stereocenters. The van der Waals surface area contributed by atoms with E-state index in [4.69, 9.17) is 0 Å². The summed E-state index contributed by atoms with van der Waals surface area (Å²) in [6, 6.07) is -0.685. The molecule has 2 rings (SSSR count). The van der Waals surface area contributed by atoms with Crippen LogP contribution in [0.3, 0.4) is 0 Å². The highest BCUT2D eigenvalue weighted by Crippen LogP contribution is 2.10. The van der Waals surface area contributed by atoms with Gasteiger partial charge in [0.15, 0.2) is 0 Å². The number of imide groups is 2. The first-order valence-electron chi connectivity index (χ1n) is 3.73. The van der Waals surface area contributed by atoms with Crippen LogP contribution in [0.15, 0.2) is 11.6 Å². The normalized spacial score (nSPS) is 16.3. The number of thiazole rings is 1. The molecule has 1 fully saturated rings. The van der Waals surface area contributed by atoms with E-state index in [0.29, 0.717) is 5.01 Å². The van der Waals surface area contributed by atoms with E-state index in [2.05, 4.69) is 4.98 Å². The maximum atomic E-state index is 11.1. The highest BCUT2D eigenvalue weighted by atomic mass is 32.1. The molecule has 1 aliphatic rings. The molecule has 1 saturated heterocycles. The van der Waals surface area contributed by atoms with Crippen LogP contribution in [0.25, 0.3) is 0 Å². The maximum absolute atomic E-state index is 11.1. The molecule has 7 heteroatoms. The Morgan fingerprint density at radius 1 is 1.43 bits per heavy atom. The lowest BCUT2D eigenvalue weighted by molar-refractivity contribution is -0.140. The predicted molar refractivity (Wildman–Crippen MR) is 46.2 cm³/mol. The molecule has 6 nitrogen and oxygen atoms in total. The minimum Gasteiger partial charge on any atom is -0.269 e. The molecular formula is C7H5N3O3S. The lowest BCUT2D eigenvalue weighted by Crippen LogP contribution is -2.30. The number of nitrogens with one attached hydrogen (secondary N) is 1. The average Bonchev–Trinajstić information content (AvgIpc) is 2.71. The summed E-state index contributed by atoms with van der Waals surface area (Å²) in [4.78, 5) is 37.7. The van der Waals surface area contributed by atoms with Crippen LogP contribution in [0.4, 0.5) is 4.79 Å². The Bertz CT molecular complexity index is 400. The van der Waals surface area contributed by atoms with Crippen LogP contribution in [0.1, 0.15) is 5.01 Å². The monoisotopic (exact) mass is 211 g/mol. The largest absolute Gasteiger partial charge is 0.331 e. The van der Waals surface area contributed by atoms with Crippen LogP contribution in [-0.4, -0.2) is 27.7 Å². The van der Waals surface area contributed by atoms with Gasteiger partial charge in [-0.15, -0.1) is 11.3 Å². The van der Waals surface area contributed by atoms with Crippen LogP contribution >= 0.6 is 11.3 Å². The van der Waals surface area contributed by atoms with Crippen molar-refractivity contribution in [3.63, 3.8) is 0 Å². The number of carbonyl (C=O) groups is 3. The molecule has 0 spiro atoms. The van der Waals surface area contributed by atoms with Gasteiger partial charge in [-0.2, -0.15) is 0 Å². The topological polar surface area (TPSA) is 79.4 Å². The SMILES string of the molecule is O=C1NC(=O)N(Cc2nccs2)C1=O. The molecule has 1 aromatic heterocycles. The number of carbonyl (C=O) groups excluding carboxylic acids is 3. The van der Waals surface area contributed by atoms with Gasteiger partial charge in [0.2, 0.25) is 0 Å². The Morgan fingerprint density at radius 3 is 2.71 bits per heavy atom. The number of rotatable bonds is 2. The van der Waals surface area contributed by atoms with Crippen molar-refractivity contribution in [3.05, 3.63) is 16.6 Å². The zero-order valence-corrected chi connectivity index (χ0v) is 7.71. The Kier molecular flexibility index (Phi) is 2.01. The Morgan fingerprint density at radius 2 is 2.21 bits per heavy atom. The van der Waals surface area contributed by atoms with Gasteiger partial charge in [0.25, 0.3) is 0 Å². The highest BCUT2D eigenvalue weighted by Gasteiger charge is 2.36. The zero-order chi connectivity index (χ0) is 10.1. The van der Waals surface area contributed by atoms with E-state index in [-0.39, 0.29) is 6.54 Å². The van der Waals surface area contributed by atoms with E-state index < -0.39 is 17.8 Å². The van der Waals surface area contributed by atoms with Crippen LogP contribution in [-0.2, 0) is 16.1 Å². The third-order valence-corrected chi connectivity index (χ3v) is 2.45. The fourth-order valence-electron chi connectivity index (χ4n) is 1.04. The highest BCUT2D eigenvalue weighted by molar-refractivity contribution is 7.09. The second-order valence-electron chi connectivity index (χ2n) is 2.58. The molecule has 4 amide bonds. The third-order valence-electron chi connectivity index (χ3n) is 1.68. The van der Waals surface area contributed by atoms with Gasteiger partial charge in [0.1, 0.15) is 5.01 Å². The van der Waals surface area contributed by atoms with Crippen LogP contribution < -0.4 is 5.32 Å². The summed E-state index contributed by atoms with van der Waals surface area (Å²) < 4.78 is 0. The van der Waals surface area contributed by atoms with Gasteiger partial charge in [-0.05, 0) is 0 Å². The maximum Gasteiger partial charge on any atom is 0.331 e. The quantitative estimate of drug-likeness (QED) is 0.539. The van der Waals surface area contributed by atoms with Crippen molar-refractivity contribution in [1.82, 2.24) is 15.2 Å². The fraction of sp³-hybridized carbons (Fsp3) is 0.143. The van der Waals surface area contributed by atoms with E-state index in [1.807, 2.05) is 5.32 Å². The first-order valence-corrected chi connectivity index (χ1v) is 4.61. The first-order chi connectivity index (χ1) is 6.68. The molecule has 1 aliphatic heterocycles. The molecule has 72 valence electrons. The third kappa shape index (κ3) is 1.37. The smallest absolute Gasteiger partial charge is 0.269 e. The Labute approximate surface area is 82.5 Å². The number of hydrogen-bond donors (Lipinski definition) is 1. The van der Waals surface area contributed by atoms with Gasteiger partial charge in [-0.25, -0.2) is 14.7 Å². The fourth-order valence-corrected chi connectivity index (χ4v) is 1.65. The van der Waals surface area contributed by atoms with Crippen molar-refractivity contribution < 1.29 is 14.4 Å². The molecule has 0 aliphatic carbocycles. The number of hydrogen-bond acceptors (Lipinski definition) is 5. The van der Waals surface area contributed by atoms with Crippen molar-refractivity contribution in [1.29, 1.82) is 0 Å². The Hall–Kier alpha value is -1.76. The molecule has 0 radical (unpaired) electrons. The summed E-state index contributed by atoms with van der Waals surface area (Å²) in [6.45, 7) is 0.0497. The van der Waals surface area contributed by atoms with Gasteiger partial charge < -0.3 is 0 Å². The van der Waals surface area contributed by atoms with Crippen LogP contribution in [0, 0.1) is 0 Å². The summed E-state index contributed by atoms with van der Waals surface area (Å²) in [5, 5.41) is 4.25. The van der Waals surface area contributed by atoms with E-state index in [1.54, 1.807) is 11.6 Å². The summed E-state index contributed by atoms with van der Waals surface area (Å²) in [6.07, 6.45) is 1.57. The lowest BCUT2D eigenvalue weighted by Gasteiger charge is -2.07. The van der Waals surface area contributed by atoms with Crippen LogP contribution in [0.5, 0.6) is 0 Å². The molecule has 0 saturated carbocycles. The predicted octanol–water partition coefficient (Wildman–Crippen LogP) is -0.279. The molecule has 0 atom stereocenters. The van der Waals surface area contributed by atoms with E-state index in [0.717, 1.165) is 4.90 Å². The van der Waals surface area contributed by atoms with Gasteiger partial charge in [-0.3, -0.25) is 14.9 Å². The second kappa shape index (κ2) is 3.18. The first kappa shape index (κ1) is 8.82. The van der Waals surface area contributed by atoms with E-state index >= 15 is 0 Å². The Balaban J connectivity index is 2.16. The molecule has 1 aromatic rings. The van der Waals surface area contributed by atoms with Crippen molar-refractivity contribution in [2.75, 3.05) is 0 Å².